The van der Waals surface area contributed by atoms with Gasteiger partial charge < -0.3 is 23.0 Å². The second-order valence-corrected chi connectivity index (χ2v) is 22.9. The van der Waals surface area contributed by atoms with Gasteiger partial charge in [-0.1, -0.05) is 46.7 Å². The lowest BCUT2D eigenvalue weighted by Gasteiger charge is -2.38. The highest BCUT2D eigenvalue weighted by Gasteiger charge is 2.41. The van der Waals surface area contributed by atoms with Crippen LogP contribution in [0.4, 0.5) is 4.79 Å². The summed E-state index contributed by atoms with van der Waals surface area (Å²) < 4.78 is 24.9. The van der Waals surface area contributed by atoms with Crippen LogP contribution in [0.15, 0.2) is 16.7 Å². The molecule has 0 atom stereocenters. The molecule has 9 heteroatoms. The molecule has 1 saturated heterocycles. The quantitative estimate of drug-likeness (QED) is 0.312. The van der Waals surface area contributed by atoms with Crippen molar-refractivity contribution in [3.05, 3.63) is 23.4 Å². The number of aromatic nitrogens is 1. The molecule has 1 aliphatic heterocycles. The molecule has 0 spiro atoms. The molecule has 1 aromatic carbocycles. The van der Waals surface area contributed by atoms with Crippen LogP contribution < -0.4 is 4.43 Å². The number of fused-ring (bicyclic) bond motifs is 1. The van der Waals surface area contributed by atoms with E-state index in [1.807, 2.05) is 12.1 Å². The Balaban J connectivity index is 1.85. The van der Waals surface area contributed by atoms with Crippen LogP contribution in [-0.4, -0.2) is 52.5 Å². The molecule has 1 fully saturated rings. The monoisotopic (exact) mass is 548 g/mol. The van der Waals surface area contributed by atoms with Gasteiger partial charge in [-0.3, -0.25) is 0 Å². The Hall–Kier alpha value is -1.85. The topological polar surface area (TPSA) is 74.0 Å². The molecular formula is C28H48N2O5Si2. The molecular weight excluding hydrogens is 500 g/mol. The van der Waals surface area contributed by atoms with E-state index in [9.17, 15) is 4.79 Å². The van der Waals surface area contributed by atoms with Crippen LogP contribution >= 0.6 is 0 Å². The summed E-state index contributed by atoms with van der Waals surface area (Å²) >= 11 is 0. The van der Waals surface area contributed by atoms with Gasteiger partial charge in [0.1, 0.15) is 5.75 Å². The van der Waals surface area contributed by atoms with Crippen LogP contribution in [0.2, 0.25) is 36.3 Å². The van der Waals surface area contributed by atoms with Gasteiger partial charge in [-0.25, -0.2) is 4.79 Å². The molecule has 208 valence electrons. The number of likely N-dealkylation sites (tertiary alicyclic amines) is 1. The average Bonchev–Trinajstić information content (AvgIpc) is 3.20. The second kappa shape index (κ2) is 11.1. The van der Waals surface area contributed by atoms with Crippen molar-refractivity contribution in [2.45, 2.75) is 110 Å². The van der Waals surface area contributed by atoms with E-state index in [1.165, 1.54) is 6.42 Å². The molecule has 0 unspecified atom stereocenters. The van der Waals surface area contributed by atoms with Crippen molar-refractivity contribution in [2.75, 3.05) is 19.7 Å². The van der Waals surface area contributed by atoms with Gasteiger partial charge in [0.15, 0.2) is 13.9 Å². The number of benzene rings is 1. The molecule has 2 heterocycles. The summed E-state index contributed by atoms with van der Waals surface area (Å²) in [5.41, 5.74) is 2.40. The van der Waals surface area contributed by atoms with E-state index >= 15 is 0 Å². The first kappa shape index (κ1) is 29.7. The van der Waals surface area contributed by atoms with Crippen molar-refractivity contribution in [2.24, 2.45) is 0 Å². The molecule has 0 N–H and O–H groups in total. The summed E-state index contributed by atoms with van der Waals surface area (Å²) in [6, 6.07) is 4.06. The van der Waals surface area contributed by atoms with Crippen molar-refractivity contribution in [1.29, 1.82) is 0 Å². The van der Waals surface area contributed by atoms with Crippen molar-refractivity contribution >= 4 is 33.7 Å². The lowest BCUT2D eigenvalue weighted by atomic mass is 10.1. The van der Waals surface area contributed by atoms with Crippen LogP contribution in [-0.2, 0) is 22.2 Å². The Morgan fingerprint density at radius 3 is 2.19 bits per heavy atom. The standard InChI is InChI=1S/C28H48N2O5Si2/c1-27(2,3)36(7,8)33-20-22-24(35-37(9,10)28(4,5)6)15-14-21-23(29-34-25(21)22)16-19-32-26(31)30-17-12-11-13-18-30/h14-15H,11-13,16-20H2,1-10H3. The first-order valence-corrected chi connectivity index (χ1v) is 19.5. The molecule has 1 aromatic heterocycles. The van der Waals surface area contributed by atoms with E-state index < -0.39 is 16.6 Å². The van der Waals surface area contributed by atoms with Crippen LogP contribution in [0.3, 0.4) is 0 Å². The van der Waals surface area contributed by atoms with Gasteiger partial charge >= 0.3 is 6.09 Å². The van der Waals surface area contributed by atoms with Gasteiger partial charge in [0.2, 0.25) is 8.32 Å². The Bertz CT molecular complexity index is 1080. The van der Waals surface area contributed by atoms with Gasteiger partial charge in [-0.15, -0.1) is 0 Å². The van der Waals surface area contributed by atoms with Crippen LogP contribution in [0.25, 0.3) is 11.0 Å². The molecule has 0 radical (unpaired) electrons. The van der Waals surface area contributed by atoms with Gasteiger partial charge in [0.25, 0.3) is 0 Å². The maximum atomic E-state index is 12.4. The SMILES string of the molecule is CC(C)(C)[Si](C)(C)OCc1c(O[Si](C)(C)C(C)(C)C)ccc2c(CCOC(=O)N3CCCCC3)noc12. The van der Waals surface area contributed by atoms with E-state index in [2.05, 4.69) is 72.9 Å². The number of carbonyl (C=O) groups is 1. The number of amides is 1. The highest BCUT2D eigenvalue weighted by atomic mass is 28.4. The predicted molar refractivity (Wildman–Crippen MR) is 154 cm³/mol. The number of ether oxygens (including phenoxy) is 1. The number of rotatable bonds is 8. The lowest BCUT2D eigenvalue weighted by Crippen LogP contribution is -2.44. The van der Waals surface area contributed by atoms with Gasteiger partial charge in [-0.2, -0.15) is 0 Å². The molecule has 0 aliphatic carbocycles. The molecule has 3 rings (SSSR count). The minimum absolute atomic E-state index is 0.0598. The molecule has 0 saturated carbocycles. The third kappa shape index (κ3) is 6.97. The normalized spacial score (nSPS) is 15.8. The molecule has 1 amide bonds. The molecule has 0 bridgehead atoms. The number of nitrogens with zero attached hydrogens (tertiary/aromatic N) is 2. The summed E-state index contributed by atoms with van der Waals surface area (Å²) in [4.78, 5) is 14.2. The third-order valence-corrected chi connectivity index (χ3v) is 17.3. The van der Waals surface area contributed by atoms with E-state index in [-0.39, 0.29) is 22.8 Å². The largest absolute Gasteiger partial charge is 0.543 e. The Morgan fingerprint density at radius 1 is 0.973 bits per heavy atom. The van der Waals surface area contributed by atoms with E-state index in [1.54, 1.807) is 4.90 Å². The molecule has 37 heavy (non-hydrogen) atoms. The van der Waals surface area contributed by atoms with Crippen LogP contribution in [0.1, 0.15) is 72.1 Å². The lowest BCUT2D eigenvalue weighted by molar-refractivity contribution is 0.0958. The minimum Gasteiger partial charge on any atom is -0.543 e. The zero-order valence-corrected chi connectivity index (χ0v) is 26.7. The third-order valence-electron chi connectivity index (χ3n) is 8.51. The van der Waals surface area contributed by atoms with Crippen LogP contribution in [0.5, 0.6) is 5.75 Å². The first-order valence-electron chi connectivity index (χ1n) is 13.7. The maximum Gasteiger partial charge on any atom is 0.409 e. The summed E-state index contributed by atoms with van der Waals surface area (Å²) in [7, 11) is -4.09. The zero-order valence-electron chi connectivity index (χ0n) is 24.7. The Morgan fingerprint density at radius 2 is 1.59 bits per heavy atom. The second-order valence-electron chi connectivity index (χ2n) is 13.4. The highest BCUT2D eigenvalue weighted by Crippen LogP contribution is 2.42. The van der Waals surface area contributed by atoms with Gasteiger partial charge in [-0.05, 0) is 67.7 Å². The predicted octanol–water partition coefficient (Wildman–Crippen LogP) is 7.90. The highest BCUT2D eigenvalue weighted by molar-refractivity contribution is 6.75. The fraction of sp³-hybridized carbons (Fsp3) is 0.714. The number of piperidine rings is 1. The summed E-state index contributed by atoms with van der Waals surface area (Å²) in [5.74, 6) is 0.817. The van der Waals surface area contributed by atoms with E-state index in [0.29, 0.717) is 18.6 Å². The first-order chi connectivity index (χ1) is 17.0. The summed E-state index contributed by atoms with van der Waals surface area (Å²) in [6.07, 6.45) is 3.53. The zero-order chi connectivity index (χ0) is 27.6. The number of hydrogen-bond acceptors (Lipinski definition) is 6. The summed E-state index contributed by atoms with van der Waals surface area (Å²) in [5, 5.41) is 5.45. The fourth-order valence-corrected chi connectivity index (χ4v) is 5.79. The Kier molecular flexibility index (Phi) is 8.91. The fourth-order valence-electron chi connectivity index (χ4n) is 3.80. The van der Waals surface area contributed by atoms with Crippen molar-refractivity contribution < 1.29 is 22.9 Å². The Labute approximate surface area is 225 Å². The molecule has 1 aliphatic rings. The smallest absolute Gasteiger partial charge is 0.409 e. The number of hydrogen-bond donors (Lipinski definition) is 0. The van der Waals surface area contributed by atoms with E-state index in [4.69, 9.17) is 18.1 Å². The van der Waals surface area contributed by atoms with E-state index in [0.717, 1.165) is 48.3 Å². The van der Waals surface area contributed by atoms with Crippen molar-refractivity contribution in [3.8, 4) is 5.75 Å². The number of carbonyl (C=O) groups excluding carboxylic acids is 1. The summed E-state index contributed by atoms with van der Waals surface area (Å²) in [6.45, 7) is 24.7. The van der Waals surface area contributed by atoms with Gasteiger partial charge in [0, 0.05) is 24.9 Å². The van der Waals surface area contributed by atoms with Crippen molar-refractivity contribution in [3.63, 3.8) is 0 Å². The minimum atomic E-state index is -2.09. The maximum absolute atomic E-state index is 12.4. The van der Waals surface area contributed by atoms with Crippen molar-refractivity contribution in [1.82, 2.24) is 10.1 Å². The average molecular weight is 549 g/mol. The molecule has 2 aromatic rings. The van der Waals surface area contributed by atoms with Gasteiger partial charge in [0.05, 0.1) is 24.5 Å². The molecule has 7 nitrogen and oxygen atoms in total. The van der Waals surface area contributed by atoms with Crippen LogP contribution in [0, 0.1) is 0 Å².